The Hall–Kier alpha value is -4.01. The normalized spacial score (nSPS) is 13.9. The van der Waals surface area contributed by atoms with Crippen LogP contribution in [0.4, 0.5) is 10.2 Å². The van der Waals surface area contributed by atoms with Crippen molar-refractivity contribution in [1.82, 2.24) is 20.1 Å². The van der Waals surface area contributed by atoms with Crippen LogP contribution in [0.5, 0.6) is 0 Å². The zero-order valence-electron chi connectivity index (χ0n) is 17.0. The highest BCUT2D eigenvalue weighted by Crippen LogP contribution is 2.31. The van der Waals surface area contributed by atoms with Crippen molar-refractivity contribution < 1.29 is 18.8 Å². The quantitative estimate of drug-likeness (QED) is 0.652. The van der Waals surface area contributed by atoms with Gasteiger partial charge in [0, 0.05) is 18.8 Å². The number of anilines is 1. The summed E-state index contributed by atoms with van der Waals surface area (Å²) in [5, 5.41) is 10.6. The summed E-state index contributed by atoms with van der Waals surface area (Å²) in [4.78, 5) is 42.5. The number of amides is 3. The van der Waals surface area contributed by atoms with E-state index in [1.807, 2.05) is 0 Å². The summed E-state index contributed by atoms with van der Waals surface area (Å²) in [6.07, 6.45) is 2.55. The first-order chi connectivity index (χ1) is 14.8. The Morgan fingerprint density at radius 2 is 1.87 bits per heavy atom. The van der Waals surface area contributed by atoms with E-state index < -0.39 is 23.5 Å². The van der Waals surface area contributed by atoms with E-state index in [0.29, 0.717) is 22.4 Å². The van der Waals surface area contributed by atoms with Gasteiger partial charge in [-0.2, -0.15) is 0 Å². The molecule has 0 aliphatic carbocycles. The van der Waals surface area contributed by atoms with Gasteiger partial charge in [0.1, 0.15) is 5.82 Å². The number of carbonyl (C=O) groups excluding carboxylic acids is 3. The van der Waals surface area contributed by atoms with Gasteiger partial charge in [0.05, 0.1) is 28.9 Å². The van der Waals surface area contributed by atoms with E-state index in [2.05, 4.69) is 20.5 Å². The van der Waals surface area contributed by atoms with Gasteiger partial charge in [-0.15, -0.1) is 10.2 Å². The first-order valence-electron chi connectivity index (χ1n) is 9.48. The monoisotopic (exact) mass is 419 g/mol. The Balaban J connectivity index is 1.57. The zero-order chi connectivity index (χ0) is 22.3. The average Bonchev–Trinajstić information content (AvgIpc) is 2.97. The SMILES string of the molecule is Cc1cc2c(c(C(C)C(=O)Nc3ccc(-c4cncc(F)c4)nn3)c1)C(=O)N(C)C2=O. The second-order valence-electron chi connectivity index (χ2n) is 7.35. The van der Waals surface area contributed by atoms with Crippen LogP contribution in [0, 0.1) is 12.7 Å². The molecule has 0 fully saturated rings. The number of aryl methyl sites for hydroxylation is 1. The molecule has 156 valence electrons. The Bertz CT molecular complexity index is 1230. The van der Waals surface area contributed by atoms with E-state index in [0.717, 1.165) is 16.7 Å². The Kier molecular flexibility index (Phi) is 5.02. The van der Waals surface area contributed by atoms with Crippen LogP contribution >= 0.6 is 0 Å². The van der Waals surface area contributed by atoms with Crippen LogP contribution in [-0.2, 0) is 4.79 Å². The topological polar surface area (TPSA) is 105 Å². The highest BCUT2D eigenvalue weighted by atomic mass is 19.1. The first kappa shape index (κ1) is 20.3. The van der Waals surface area contributed by atoms with Gasteiger partial charge in [0.25, 0.3) is 11.8 Å². The number of hydrogen-bond donors (Lipinski definition) is 1. The molecule has 0 spiro atoms. The number of aromatic nitrogens is 3. The molecule has 3 aromatic rings. The molecule has 1 aliphatic rings. The third-order valence-electron chi connectivity index (χ3n) is 5.14. The predicted molar refractivity (Wildman–Crippen MR) is 110 cm³/mol. The highest BCUT2D eigenvalue weighted by molar-refractivity contribution is 6.22. The van der Waals surface area contributed by atoms with E-state index in [-0.39, 0.29) is 17.3 Å². The Morgan fingerprint density at radius 1 is 1.10 bits per heavy atom. The summed E-state index contributed by atoms with van der Waals surface area (Å²) in [6.45, 7) is 3.45. The van der Waals surface area contributed by atoms with Crippen LogP contribution in [0.2, 0.25) is 0 Å². The molecule has 31 heavy (non-hydrogen) atoms. The number of nitrogens with zero attached hydrogens (tertiary/aromatic N) is 4. The van der Waals surface area contributed by atoms with Gasteiger partial charge in [-0.05, 0) is 49.2 Å². The van der Waals surface area contributed by atoms with Gasteiger partial charge in [0.2, 0.25) is 5.91 Å². The lowest BCUT2D eigenvalue weighted by Crippen LogP contribution is -2.25. The lowest BCUT2D eigenvalue weighted by molar-refractivity contribution is -0.117. The largest absolute Gasteiger partial charge is 0.309 e. The van der Waals surface area contributed by atoms with Crippen molar-refractivity contribution in [2.45, 2.75) is 19.8 Å². The highest BCUT2D eigenvalue weighted by Gasteiger charge is 2.37. The van der Waals surface area contributed by atoms with Crippen molar-refractivity contribution in [2.24, 2.45) is 0 Å². The molecule has 8 nitrogen and oxygen atoms in total. The van der Waals surface area contributed by atoms with Crippen molar-refractivity contribution in [3.8, 4) is 11.3 Å². The molecule has 0 saturated carbocycles. The minimum atomic E-state index is -0.717. The van der Waals surface area contributed by atoms with E-state index in [1.165, 1.54) is 19.3 Å². The number of nitrogens with one attached hydrogen (secondary N) is 1. The van der Waals surface area contributed by atoms with Crippen LogP contribution < -0.4 is 5.32 Å². The van der Waals surface area contributed by atoms with Crippen molar-refractivity contribution >= 4 is 23.5 Å². The number of rotatable bonds is 4. The minimum absolute atomic E-state index is 0.203. The summed E-state index contributed by atoms with van der Waals surface area (Å²) in [5.74, 6) is -2.22. The maximum atomic E-state index is 13.3. The molecule has 1 aromatic carbocycles. The van der Waals surface area contributed by atoms with E-state index in [9.17, 15) is 18.8 Å². The van der Waals surface area contributed by atoms with E-state index in [4.69, 9.17) is 0 Å². The minimum Gasteiger partial charge on any atom is -0.309 e. The number of benzene rings is 1. The van der Waals surface area contributed by atoms with Gasteiger partial charge < -0.3 is 5.32 Å². The van der Waals surface area contributed by atoms with Gasteiger partial charge >= 0.3 is 0 Å². The smallest absolute Gasteiger partial charge is 0.261 e. The summed E-state index contributed by atoms with van der Waals surface area (Å²) in [5.41, 5.74) is 2.67. The molecule has 0 radical (unpaired) electrons. The number of carbonyl (C=O) groups is 3. The molecular formula is C22H18FN5O3. The van der Waals surface area contributed by atoms with Crippen LogP contribution in [-0.4, -0.2) is 44.9 Å². The summed E-state index contributed by atoms with van der Waals surface area (Å²) in [7, 11) is 1.42. The Morgan fingerprint density at radius 3 is 2.55 bits per heavy atom. The third kappa shape index (κ3) is 3.65. The number of hydrogen-bond acceptors (Lipinski definition) is 6. The van der Waals surface area contributed by atoms with Crippen molar-refractivity contribution in [1.29, 1.82) is 0 Å². The van der Waals surface area contributed by atoms with Crippen LogP contribution in [0.1, 0.15) is 44.7 Å². The molecular weight excluding hydrogens is 401 g/mol. The Labute approximate surface area is 177 Å². The molecule has 1 unspecified atom stereocenters. The fourth-order valence-corrected chi connectivity index (χ4v) is 3.48. The van der Waals surface area contributed by atoms with Gasteiger partial charge in [-0.1, -0.05) is 6.07 Å². The maximum Gasteiger partial charge on any atom is 0.261 e. The summed E-state index contributed by atoms with van der Waals surface area (Å²) < 4.78 is 13.3. The molecule has 0 saturated heterocycles. The molecule has 4 rings (SSSR count). The summed E-state index contributed by atoms with van der Waals surface area (Å²) in [6, 6.07) is 7.80. The predicted octanol–water partition coefficient (Wildman–Crippen LogP) is 2.95. The zero-order valence-corrected chi connectivity index (χ0v) is 17.0. The van der Waals surface area contributed by atoms with Crippen molar-refractivity contribution in [3.05, 3.63) is 70.8 Å². The molecule has 1 aliphatic heterocycles. The fourth-order valence-electron chi connectivity index (χ4n) is 3.48. The standard InChI is InChI=1S/C22H18FN5O3/c1-11-6-15(19-16(7-11)21(30)28(3)22(19)31)12(2)20(29)25-18-5-4-17(26-27-18)13-8-14(23)10-24-9-13/h4-10,12H,1-3H3,(H,25,27,29). The molecule has 1 N–H and O–H groups in total. The molecule has 2 aromatic heterocycles. The van der Waals surface area contributed by atoms with Crippen LogP contribution in [0.3, 0.4) is 0 Å². The number of imide groups is 1. The molecule has 1 atom stereocenters. The van der Waals surface area contributed by atoms with Crippen LogP contribution in [0.15, 0.2) is 42.7 Å². The lowest BCUT2D eigenvalue weighted by atomic mass is 9.90. The third-order valence-corrected chi connectivity index (χ3v) is 5.14. The number of pyridine rings is 1. The number of fused-ring (bicyclic) bond motifs is 1. The molecule has 9 heteroatoms. The fraction of sp³-hybridized carbons (Fsp3) is 0.182. The van der Waals surface area contributed by atoms with Gasteiger partial charge in [0.15, 0.2) is 5.82 Å². The first-order valence-corrected chi connectivity index (χ1v) is 9.48. The van der Waals surface area contributed by atoms with E-state index >= 15 is 0 Å². The maximum absolute atomic E-state index is 13.3. The second kappa shape index (κ2) is 7.67. The van der Waals surface area contributed by atoms with Crippen molar-refractivity contribution in [2.75, 3.05) is 12.4 Å². The van der Waals surface area contributed by atoms with E-state index in [1.54, 1.807) is 38.1 Å². The summed E-state index contributed by atoms with van der Waals surface area (Å²) >= 11 is 0. The molecule has 3 amide bonds. The van der Waals surface area contributed by atoms with Crippen molar-refractivity contribution in [3.63, 3.8) is 0 Å². The van der Waals surface area contributed by atoms with Gasteiger partial charge in [-0.25, -0.2) is 4.39 Å². The molecule has 0 bridgehead atoms. The molecule has 3 heterocycles. The number of halogens is 1. The average molecular weight is 419 g/mol. The van der Waals surface area contributed by atoms with Crippen LogP contribution in [0.25, 0.3) is 11.3 Å². The lowest BCUT2D eigenvalue weighted by Gasteiger charge is -2.15. The van der Waals surface area contributed by atoms with Gasteiger partial charge in [-0.3, -0.25) is 24.3 Å². The second-order valence-corrected chi connectivity index (χ2v) is 7.35.